The third-order valence-corrected chi connectivity index (χ3v) is 7.40. The largest absolute Gasteiger partial charge is 0.497 e. The van der Waals surface area contributed by atoms with Gasteiger partial charge in [0.1, 0.15) is 11.5 Å². The second kappa shape index (κ2) is 6.90. The molecule has 4 fully saturated rings. The van der Waals surface area contributed by atoms with Crippen molar-refractivity contribution < 1.29 is 19.1 Å². The van der Waals surface area contributed by atoms with Crippen molar-refractivity contribution in [1.82, 2.24) is 15.1 Å². The number of nitrogens with one attached hydrogen (secondary N) is 1. The normalized spacial score (nSPS) is 33.8. The topological polar surface area (TPSA) is 71.1 Å². The lowest BCUT2D eigenvalue weighted by molar-refractivity contribution is -0.156. The van der Waals surface area contributed by atoms with Gasteiger partial charge in [-0.25, -0.2) is 0 Å². The molecule has 1 N–H and O–H groups in total. The number of rotatable bonds is 2. The van der Waals surface area contributed by atoms with Crippen LogP contribution in [0.1, 0.15) is 36.0 Å². The van der Waals surface area contributed by atoms with Gasteiger partial charge in [-0.15, -0.1) is 0 Å². The molecule has 3 saturated carbocycles. The van der Waals surface area contributed by atoms with Crippen LogP contribution in [0.4, 0.5) is 0 Å². The molecule has 2 bridgehead atoms. The Hall–Kier alpha value is -2.28. The number of likely N-dealkylation sites (N-methyl/N-ethyl adjacent to an activating group) is 1. The van der Waals surface area contributed by atoms with Crippen molar-refractivity contribution in [2.75, 3.05) is 40.3 Å². The van der Waals surface area contributed by atoms with Crippen LogP contribution in [0.15, 0.2) is 18.2 Å². The van der Waals surface area contributed by atoms with Crippen LogP contribution in [-0.2, 0) is 4.79 Å². The lowest BCUT2D eigenvalue weighted by Gasteiger charge is -2.55. The fraction of sp³-hybridized carbons (Fsp3) is 0.636. The molecule has 3 aliphatic carbocycles. The van der Waals surface area contributed by atoms with E-state index in [1.807, 2.05) is 4.90 Å². The second-order valence-corrected chi connectivity index (χ2v) is 9.02. The number of benzene rings is 1. The Balaban J connectivity index is 1.36. The number of carbonyl (C=O) groups excluding carboxylic acids is 2. The van der Waals surface area contributed by atoms with Crippen LogP contribution in [0.5, 0.6) is 11.5 Å². The highest BCUT2D eigenvalue weighted by Gasteiger charge is 2.57. The Morgan fingerprint density at radius 3 is 2.72 bits per heavy atom. The minimum atomic E-state index is -0.696. The van der Waals surface area contributed by atoms with Crippen molar-refractivity contribution in [3.63, 3.8) is 0 Å². The minimum Gasteiger partial charge on any atom is -0.497 e. The molecule has 1 aromatic rings. The van der Waals surface area contributed by atoms with E-state index in [1.165, 1.54) is 0 Å². The molecular weight excluding hydrogens is 370 g/mol. The molecule has 7 nitrogen and oxygen atoms in total. The van der Waals surface area contributed by atoms with Crippen molar-refractivity contribution in [2.24, 2.45) is 17.8 Å². The molecule has 0 aromatic heterocycles. The van der Waals surface area contributed by atoms with E-state index in [0.29, 0.717) is 29.4 Å². The smallest absolute Gasteiger partial charge is 0.258 e. The summed E-state index contributed by atoms with van der Waals surface area (Å²) in [6, 6.07) is 5.32. The van der Waals surface area contributed by atoms with E-state index < -0.39 is 5.72 Å². The van der Waals surface area contributed by atoms with E-state index in [4.69, 9.17) is 9.47 Å². The highest BCUT2D eigenvalue weighted by atomic mass is 16.5. The van der Waals surface area contributed by atoms with Crippen LogP contribution in [0.3, 0.4) is 0 Å². The van der Waals surface area contributed by atoms with Crippen molar-refractivity contribution >= 4 is 11.8 Å². The van der Waals surface area contributed by atoms with E-state index in [2.05, 4.69) is 17.3 Å². The standard InChI is InChI=1S/C22H29N3O4/c1-24-7-9-25(10-8-24)21(27)18-11-15-4-3-14(18)13-22(15)23-20(26)17-6-5-16(28-2)12-19(17)29-22/h5-6,12,14-15,18H,3-4,7-11,13H2,1-2H3,(H,23,26)/t14-,15+,18+,22+/m1/s1. The van der Waals surface area contributed by atoms with E-state index in [-0.39, 0.29) is 23.7 Å². The van der Waals surface area contributed by atoms with Crippen LogP contribution >= 0.6 is 0 Å². The molecule has 0 radical (unpaired) electrons. The van der Waals surface area contributed by atoms with Crippen LogP contribution < -0.4 is 14.8 Å². The molecule has 156 valence electrons. The van der Waals surface area contributed by atoms with Gasteiger partial charge in [0.05, 0.1) is 12.7 Å². The first-order chi connectivity index (χ1) is 14.0. The van der Waals surface area contributed by atoms with Crippen LogP contribution in [0.2, 0.25) is 0 Å². The molecule has 7 heteroatoms. The average molecular weight is 399 g/mol. The highest BCUT2D eigenvalue weighted by molar-refractivity contribution is 5.98. The molecule has 6 rings (SSSR count). The maximum Gasteiger partial charge on any atom is 0.258 e. The Morgan fingerprint density at radius 2 is 2.03 bits per heavy atom. The van der Waals surface area contributed by atoms with Gasteiger partial charge in [0.25, 0.3) is 5.91 Å². The van der Waals surface area contributed by atoms with Gasteiger partial charge in [-0.1, -0.05) is 0 Å². The van der Waals surface area contributed by atoms with Gasteiger partial charge in [-0.05, 0) is 44.4 Å². The summed E-state index contributed by atoms with van der Waals surface area (Å²) in [5.74, 6) is 1.92. The van der Waals surface area contributed by atoms with Gasteiger partial charge in [0.2, 0.25) is 5.91 Å². The molecule has 5 aliphatic rings. The van der Waals surface area contributed by atoms with Crippen molar-refractivity contribution in [3.8, 4) is 11.5 Å². The summed E-state index contributed by atoms with van der Waals surface area (Å²) >= 11 is 0. The number of piperazine rings is 1. The van der Waals surface area contributed by atoms with Gasteiger partial charge < -0.3 is 24.6 Å². The van der Waals surface area contributed by atoms with E-state index >= 15 is 0 Å². The van der Waals surface area contributed by atoms with E-state index in [1.54, 1.807) is 25.3 Å². The quantitative estimate of drug-likeness (QED) is 0.820. The van der Waals surface area contributed by atoms with Gasteiger partial charge in [-0.2, -0.15) is 0 Å². The van der Waals surface area contributed by atoms with Crippen molar-refractivity contribution in [2.45, 2.75) is 31.4 Å². The van der Waals surface area contributed by atoms with Gasteiger partial charge >= 0.3 is 0 Å². The van der Waals surface area contributed by atoms with Crippen molar-refractivity contribution in [3.05, 3.63) is 23.8 Å². The maximum absolute atomic E-state index is 13.2. The predicted molar refractivity (Wildman–Crippen MR) is 107 cm³/mol. The monoisotopic (exact) mass is 399 g/mol. The van der Waals surface area contributed by atoms with Gasteiger partial charge in [0.15, 0.2) is 5.72 Å². The number of methoxy groups -OCH3 is 1. The fourth-order valence-electron chi connectivity index (χ4n) is 5.68. The summed E-state index contributed by atoms with van der Waals surface area (Å²) in [5.41, 5.74) is -0.152. The van der Waals surface area contributed by atoms with E-state index in [0.717, 1.165) is 45.4 Å². The summed E-state index contributed by atoms with van der Waals surface area (Å²) in [6.45, 7) is 3.51. The summed E-state index contributed by atoms with van der Waals surface area (Å²) in [7, 11) is 3.71. The van der Waals surface area contributed by atoms with E-state index in [9.17, 15) is 9.59 Å². The number of hydrogen-bond acceptors (Lipinski definition) is 5. The molecule has 0 unspecified atom stereocenters. The lowest BCUT2D eigenvalue weighted by atomic mass is 9.59. The zero-order valence-corrected chi connectivity index (χ0v) is 17.1. The molecule has 2 heterocycles. The highest BCUT2D eigenvalue weighted by Crippen LogP contribution is 2.53. The van der Waals surface area contributed by atoms with Crippen LogP contribution in [-0.4, -0.2) is 67.7 Å². The molecule has 2 amide bonds. The number of nitrogens with zero attached hydrogens (tertiary/aromatic N) is 2. The van der Waals surface area contributed by atoms with Gasteiger partial charge in [-0.3, -0.25) is 9.59 Å². The first-order valence-corrected chi connectivity index (χ1v) is 10.7. The summed E-state index contributed by atoms with van der Waals surface area (Å²) in [5, 5.41) is 3.17. The number of fused-ring (bicyclic) bond motifs is 3. The zero-order chi connectivity index (χ0) is 20.2. The number of amides is 2. The second-order valence-electron chi connectivity index (χ2n) is 9.02. The first-order valence-electron chi connectivity index (χ1n) is 10.7. The Morgan fingerprint density at radius 1 is 1.24 bits per heavy atom. The first kappa shape index (κ1) is 18.7. The Labute approximate surface area is 171 Å². The molecule has 1 saturated heterocycles. The van der Waals surface area contributed by atoms with Gasteiger partial charge in [0, 0.05) is 50.5 Å². The van der Waals surface area contributed by atoms with Crippen LogP contribution in [0.25, 0.3) is 0 Å². The minimum absolute atomic E-state index is 0.0509. The SMILES string of the molecule is COc1ccc2c(c1)O[C@]1(C[C@H]3CC[C@H]1C[C@@H]3C(=O)N1CCN(C)CC1)NC2=O. The number of hydrogen-bond donors (Lipinski definition) is 1. The lowest BCUT2D eigenvalue weighted by Crippen LogP contribution is -2.67. The summed E-state index contributed by atoms with van der Waals surface area (Å²) in [4.78, 5) is 30.4. The molecular formula is C22H29N3O4. The fourth-order valence-corrected chi connectivity index (χ4v) is 5.68. The number of ether oxygens (including phenoxy) is 2. The molecule has 1 spiro atoms. The van der Waals surface area contributed by atoms with Crippen molar-refractivity contribution in [1.29, 1.82) is 0 Å². The molecule has 29 heavy (non-hydrogen) atoms. The average Bonchev–Trinajstić information content (AvgIpc) is 2.73. The third kappa shape index (κ3) is 3.06. The zero-order valence-electron chi connectivity index (χ0n) is 17.1. The Kier molecular flexibility index (Phi) is 4.46. The maximum atomic E-state index is 13.2. The molecule has 4 atom stereocenters. The summed E-state index contributed by atoms with van der Waals surface area (Å²) < 4.78 is 11.8. The Bertz CT molecular complexity index is 835. The number of carbonyl (C=O) groups is 2. The molecule has 1 aromatic carbocycles. The summed E-state index contributed by atoms with van der Waals surface area (Å²) in [6.07, 6.45) is 3.50. The molecule has 2 aliphatic heterocycles. The third-order valence-electron chi connectivity index (χ3n) is 7.40. The van der Waals surface area contributed by atoms with Crippen LogP contribution in [0, 0.1) is 17.8 Å². The predicted octanol–water partition coefficient (Wildman–Crippen LogP) is 1.72.